The van der Waals surface area contributed by atoms with Gasteiger partial charge in [-0.15, -0.1) is 0 Å². The summed E-state index contributed by atoms with van der Waals surface area (Å²) in [7, 11) is 0. The Kier molecular flexibility index (Phi) is 8.58. The second-order valence-electron chi connectivity index (χ2n) is 7.93. The number of amides is 3. The van der Waals surface area contributed by atoms with Crippen LogP contribution in [0, 0.1) is 11.8 Å². The third-order valence-corrected chi connectivity index (χ3v) is 5.70. The summed E-state index contributed by atoms with van der Waals surface area (Å²) in [5.74, 6) is -2.98. The van der Waals surface area contributed by atoms with E-state index in [2.05, 4.69) is 20.9 Å². The molecule has 0 aliphatic carbocycles. The molecule has 3 amide bonds. The molecule has 0 aromatic heterocycles. The molecule has 0 radical (unpaired) electrons. The van der Waals surface area contributed by atoms with Gasteiger partial charge in [-0.05, 0) is 25.7 Å². The van der Waals surface area contributed by atoms with E-state index in [0.717, 1.165) is 12.8 Å². The number of hydrogen-bond acceptors (Lipinski definition) is 6. The number of piperazine rings is 1. The van der Waals surface area contributed by atoms with Crippen LogP contribution in [0.3, 0.4) is 0 Å². The van der Waals surface area contributed by atoms with Crippen LogP contribution < -0.4 is 33.2 Å². The summed E-state index contributed by atoms with van der Waals surface area (Å²) < 4.78 is 0. The van der Waals surface area contributed by atoms with Gasteiger partial charge in [0.2, 0.25) is 17.7 Å². The lowest BCUT2D eigenvalue weighted by molar-refractivity contribution is -0.143. The summed E-state index contributed by atoms with van der Waals surface area (Å²) in [5, 5.41) is 8.50. The van der Waals surface area contributed by atoms with E-state index >= 15 is 0 Å². The lowest BCUT2D eigenvalue weighted by Gasteiger charge is -2.37. The van der Waals surface area contributed by atoms with E-state index in [4.69, 9.17) is 17.2 Å². The van der Waals surface area contributed by atoms with Crippen LogP contribution in [0.25, 0.3) is 0 Å². The molecule has 0 spiro atoms. The molecule has 2 fully saturated rings. The number of rotatable bonds is 10. The first-order valence-electron chi connectivity index (χ1n) is 10.5. The topological polar surface area (TPSA) is 195 Å². The fourth-order valence-corrected chi connectivity index (χ4v) is 4.04. The number of guanidine groups is 1. The standard InChI is InChI=1S/C19H33N7O4/c1-2-3-6-12-18(30)26-14(9-24-12)15(27)11-8-13(16(20)28)25-17(29)10(11)5-4-7-23-19(21)22/h10-14,24H,2-9H2,1H3,(H2,20,28)(H,25,29)(H,26,30)(H4,21,22,23)/t10-,11?,12-,13-,14+/m1/s1. The van der Waals surface area contributed by atoms with Crippen molar-refractivity contribution in [2.45, 2.75) is 63.6 Å². The summed E-state index contributed by atoms with van der Waals surface area (Å²) in [6, 6.07) is -1.98. The van der Waals surface area contributed by atoms with E-state index < -0.39 is 35.7 Å². The molecule has 11 heteroatoms. The van der Waals surface area contributed by atoms with Crippen LogP contribution >= 0.6 is 0 Å². The molecule has 9 N–H and O–H groups in total. The van der Waals surface area contributed by atoms with Gasteiger partial charge in [-0.3, -0.25) is 24.2 Å². The van der Waals surface area contributed by atoms with Gasteiger partial charge >= 0.3 is 0 Å². The average Bonchev–Trinajstić information content (AvgIpc) is 2.69. The lowest BCUT2D eigenvalue weighted by atomic mass is 9.75. The molecule has 2 saturated heterocycles. The lowest BCUT2D eigenvalue weighted by Crippen LogP contribution is -2.64. The number of unbranched alkanes of at least 4 members (excludes halogenated alkanes) is 1. The van der Waals surface area contributed by atoms with Crippen LogP contribution in [0.15, 0.2) is 4.99 Å². The minimum Gasteiger partial charge on any atom is -0.370 e. The molecule has 0 aromatic carbocycles. The normalized spacial score (nSPS) is 28.9. The zero-order valence-electron chi connectivity index (χ0n) is 17.4. The molecule has 0 bridgehead atoms. The van der Waals surface area contributed by atoms with Gasteiger partial charge in [-0.25, -0.2) is 0 Å². The van der Waals surface area contributed by atoms with E-state index in [0.29, 0.717) is 32.4 Å². The van der Waals surface area contributed by atoms with E-state index in [-0.39, 0.29) is 30.1 Å². The highest BCUT2D eigenvalue weighted by Crippen LogP contribution is 2.29. The van der Waals surface area contributed by atoms with Crippen molar-refractivity contribution >= 4 is 29.5 Å². The van der Waals surface area contributed by atoms with E-state index in [1.807, 2.05) is 6.92 Å². The number of nitrogens with one attached hydrogen (secondary N) is 3. The largest absolute Gasteiger partial charge is 0.370 e. The number of primary amides is 1. The Morgan fingerprint density at radius 1 is 1.03 bits per heavy atom. The number of nitrogens with zero attached hydrogens (tertiary/aromatic N) is 1. The molecular formula is C19H33N7O4. The molecule has 0 saturated carbocycles. The van der Waals surface area contributed by atoms with Crippen molar-refractivity contribution in [3.05, 3.63) is 0 Å². The van der Waals surface area contributed by atoms with Crippen LogP contribution in [-0.4, -0.2) is 60.7 Å². The molecule has 5 atom stereocenters. The van der Waals surface area contributed by atoms with Crippen molar-refractivity contribution in [3.63, 3.8) is 0 Å². The zero-order valence-corrected chi connectivity index (χ0v) is 17.4. The number of aliphatic imine (C=N–C) groups is 1. The van der Waals surface area contributed by atoms with Gasteiger partial charge in [0.05, 0.1) is 6.04 Å². The number of piperidine rings is 1. The average molecular weight is 424 g/mol. The second-order valence-corrected chi connectivity index (χ2v) is 7.93. The summed E-state index contributed by atoms with van der Waals surface area (Å²) in [6.07, 6.45) is 3.56. The van der Waals surface area contributed by atoms with Crippen molar-refractivity contribution in [1.82, 2.24) is 16.0 Å². The van der Waals surface area contributed by atoms with Gasteiger partial charge in [0.1, 0.15) is 12.1 Å². The third-order valence-electron chi connectivity index (χ3n) is 5.70. The summed E-state index contributed by atoms with van der Waals surface area (Å²) in [4.78, 5) is 53.8. The van der Waals surface area contributed by atoms with Crippen molar-refractivity contribution in [1.29, 1.82) is 0 Å². The quantitative estimate of drug-likeness (QED) is 0.131. The van der Waals surface area contributed by atoms with Crippen molar-refractivity contribution in [2.24, 2.45) is 34.0 Å². The first-order chi connectivity index (χ1) is 14.2. The fraction of sp³-hybridized carbons (Fsp3) is 0.737. The zero-order chi connectivity index (χ0) is 22.3. The Hall–Kier alpha value is -2.69. The van der Waals surface area contributed by atoms with Gasteiger partial charge in [-0.1, -0.05) is 19.8 Å². The van der Waals surface area contributed by atoms with E-state index in [1.165, 1.54) is 0 Å². The monoisotopic (exact) mass is 423 g/mol. The number of carbonyl (C=O) groups is 4. The van der Waals surface area contributed by atoms with Crippen LogP contribution in [0.5, 0.6) is 0 Å². The Labute approximate surface area is 176 Å². The Morgan fingerprint density at radius 3 is 2.33 bits per heavy atom. The number of Topliss-reactive ketones (excluding diaryl/α,β-unsaturated/α-hetero) is 1. The molecule has 2 aliphatic heterocycles. The molecular weight excluding hydrogens is 390 g/mol. The van der Waals surface area contributed by atoms with Crippen molar-refractivity contribution < 1.29 is 19.2 Å². The minimum absolute atomic E-state index is 0.0434. The molecule has 2 aliphatic rings. The van der Waals surface area contributed by atoms with Gasteiger partial charge in [0.15, 0.2) is 11.7 Å². The Bertz CT molecular complexity index is 692. The van der Waals surface area contributed by atoms with Crippen molar-refractivity contribution in [2.75, 3.05) is 13.1 Å². The summed E-state index contributed by atoms with van der Waals surface area (Å²) in [5.41, 5.74) is 16.0. The molecule has 2 rings (SSSR count). The first-order valence-corrected chi connectivity index (χ1v) is 10.5. The maximum atomic E-state index is 13.2. The summed E-state index contributed by atoms with van der Waals surface area (Å²) in [6.45, 7) is 2.66. The van der Waals surface area contributed by atoms with Crippen molar-refractivity contribution in [3.8, 4) is 0 Å². The highest BCUT2D eigenvalue weighted by Gasteiger charge is 2.45. The second kappa shape index (κ2) is 10.9. The third kappa shape index (κ3) is 6.15. The Morgan fingerprint density at radius 2 is 1.73 bits per heavy atom. The fourth-order valence-electron chi connectivity index (χ4n) is 4.04. The summed E-state index contributed by atoms with van der Waals surface area (Å²) >= 11 is 0. The van der Waals surface area contributed by atoms with E-state index in [1.54, 1.807) is 0 Å². The Balaban J connectivity index is 2.08. The van der Waals surface area contributed by atoms with Gasteiger partial charge < -0.3 is 33.2 Å². The van der Waals surface area contributed by atoms with Gasteiger partial charge in [-0.2, -0.15) is 0 Å². The first kappa shape index (κ1) is 23.6. The van der Waals surface area contributed by atoms with Crippen LogP contribution in [-0.2, 0) is 19.2 Å². The smallest absolute Gasteiger partial charge is 0.240 e. The van der Waals surface area contributed by atoms with Crippen LogP contribution in [0.4, 0.5) is 0 Å². The number of ketones is 1. The molecule has 11 nitrogen and oxygen atoms in total. The highest BCUT2D eigenvalue weighted by atomic mass is 16.2. The highest BCUT2D eigenvalue weighted by molar-refractivity contribution is 5.98. The minimum atomic E-state index is -0.912. The maximum absolute atomic E-state index is 13.2. The van der Waals surface area contributed by atoms with E-state index in [9.17, 15) is 19.2 Å². The molecule has 30 heavy (non-hydrogen) atoms. The maximum Gasteiger partial charge on any atom is 0.240 e. The van der Waals surface area contributed by atoms with Crippen LogP contribution in [0.2, 0.25) is 0 Å². The molecule has 0 aromatic rings. The molecule has 2 heterocycles. The molecule has 168 valence electrons. The predicted molar refractivity (Wildman–Crippen MR) is 111 cm³/mol. The SMILES string of the molecule is CCCC[C@H]1NC[C@@H](C(=O)C2C[C@H](C(N)=O)NC(=O)[C@@H]2CCCN=C(N)N)NC1=O. The van der Waals surface area contributed by atoms with Crippen LogP contribution in [0.1, 0.15) is 45.4 Å². The number of hydrogen-bond donors (Lipinski definition) is 6. The van der Waals surface area contributed by atoms with Gasteiger partial charge in [0, 0.05) is 24.9 Å². The predicted octanol–water partition coefficient (Wildman–Crippen LogP) is -2.14. The molecule has 1 unspecified atom stereocenters. The number of nitrogens with two attached hydrogens (primary N) is 3. The number of carbonyl (C=O) groups excluding carboxylic acids is 4. The van der Waals surface area contributed by atoms with Gasteiger partial charge in [0.25, 0.3) is 0 Å².